The summed E-state index contributed by atoms with van der Waals surface area (Å²) in [7, 11) is 3.16. The number of esters is 1. The van der Waals surface area contributed by atoms with Crippen LogP contribution in [0.15, 0.2) is 61.2 Å². The van der Waals surface area contributed by atoms with Gasteiger partial charge in [-0.05, 0) is 44.5 Å². The Labute approximate surface area is 167 Å². The van der Waals surface area contributed by atoms with Gasteiger partial charge in [0.15, 0.2) is 5.54 Å². The summed E-state index contributed by atoms with van der Waals surface area (Å²) < 4.78 is 16.4. The lowest BCUT2D eigenvalue weighted by molar-refractivity contribution is -0.162. The van der Waals surface area contributed by atoms with E-state index in [0.29, 0.717) is 17.1 Å². The molecule has 0 saturated heterocycles. The van der Waals surface area contributed by atoms with Gasteiger partial charge < -0.3 is 19.9 Å². The zero-order valence-corrected chi connectivity index (χ0v) is 17.2. The first-order valence-electron chi connectivity index (χ1n) is 9.09. The number of para-hydroxylation sites is 1. The van der Waals surface area contributed by atoms with Crippen molar-refractivity contribution in [1.29, 1.82) is 0 Å². The molecular formula is C23H29NO4. The van der Waals surface area contributed by atoms with E-state index in [9.17, 15) is 4.79 Å². The third-order valence-corrected chi connectivity index (χ3v) is 4.50. The average molecular weight is 383 g/mol. The summed E-state index contributed by atoms with van der Waals surface area (Å²) in [5.41, 5.74) is 5.98. The summed E-state index contributed by atoms with van der Waals surface area (Å²) in [6.07, 6.45) is 1.66. The van der Waals surface area contributed by atoms with Crippen molar-refractivity contribution in [2.75, 3.05) is 14.2 Å². The Hall–Kier alpha value is -2.79. The SMILES string of the molecule is C=C[C@@H](c1ccccc1OC)[C@@](N)(C(=O)OC(C)(C)C)c1ccc(OC)cc1. The van der Waals surface area contributed by atoms with E-state index >= 15 is 0 Å². The maximum atomic E-state index is 13.3. The number of hydrogen-bond donors (Lipinski definition) is 1. The molecule has 150 valence electrons. The Morgan fingerprint density at radius 2 is 1.64 bits per heavy atom. The van der Waals surface area contributed by atoms with E-state index in [1.165, 1.54) is 0 Å². The standard InChI is InChI=1S/C23H29NO4/c1-7-19(18-10-8-9-11-20(18)27-6)23(24,21(25)28-22(2,3)4)16-12-14-17(26-5)15-13-16/h7-15,19H,1,24H2,2-6H3/t19-,23+/m0/s1. The van der Waals surface area contributed by atoms with Crippen molar-refractivity contribution >= 4 is 5.97 Å². The molecule has 0 bridgehead atoms. The first-order valence-corrected chi connectivity index (χ1v) is 9.09. The zero-order valence-electron chi connectivity index (χ0n) is 17.2. The molecule has 28 heavy (non-hydrogen) atoms. The van der Waals surface area contributed by atoms with Gasteiger partial charge in [-0.15, -0.1) is 6.58 Å². The van der Waals surface area contributed by atoms with Gasteiger partial charge in [-0.3, -0.25) is 0 Å². The van der Waals surface area contributed by atoms with Crippen LogP contribution in [0.4, 0.5) is 0 Å². The lowest BCUT2D eigenvalue weighted by atomic mass is 9.74. The summed E-state index contributed by atoms with van der Waals surface area (Å²) >= 11 is 0. The second-order valence-electron chi connectivity index (χ2n) is 7.55. The minimum Gasteiger partial charge on any atom is -0.497 e. The van der Waals surface area contributed by atoms with E-state index in [1.807, 2.05) is 45.0 Å². The molecule has 0 unspecified atom stereocenters. The van der Waals surface area contributed by atoms with Crippen LogP contribution in [0.3, 0.4) is 0 Å². The quantitative estimate of drug-likeness (QED) is 0.574. The smallest absolute Gasteiger partial charge is 0.332 e. The minimum atomic E-state index is -1.50. The number of ether oxygens (including phenoxy) is 3. The molecule has 0 heterocycles. The van der Waals surface area contributed by atoms with E-state index in [-0.39, 0.29) is 0 Å². The van der Waals surface area contributed by atoms with Crippen LogP contribution in [0.2, 0.25) is 0 Å². The second kappa shape index (κ2) is 8.48. The summed E-state index contributed by atoms with van der Waals surface area (Å²) in [5, 5.41) is 0. The van der Waals surface area contributed by atoms with Crippen molar-refractivity contribution in [3.8, 4) is 11.5 Å². The molecule has 0 amide bonds. The van der Waals surface area contributed by atoms with Crippen LogP contribution in [-0.2, 0) is 15.1 Å². The molecule has 5 heteroatoms. The highest BCUT2D eigenvalue weighted by Gasteiger charge is 2.47. The molecule has 0 aliphatic rings. The number of nitrogens with two attached hydrogens (primary N) is 1. The highest BCUT2D eigenvalue weighted by molar-refractivity contribution is 5.85. The van der Waals surface area contributed by atoms with Crippen molar-refractivity contribution in [1.82, 2.24) is 0 Å². The number of hydrogen-bond acceptors (Lipinski definition) is 5. The molecule has 2 N–H and O–H groups in total. The molecule has 2 aromatic carbocycles. The third-order valence-electron chi connectivity index (χ3n) is 4.50. The van der Waals surface area contributed by atoms with Gasteiger partial charge in [-0.25, -0.2) is 4.79 Å². The van der Waals surface area contributed by atoms with Crippen LogP contribution >= 0.6 is 0 Å². The normalized spacial score (nSPS) is 14.5. The fraction of sp³-hybridized carbons (Fsp3) is 0.348. The van der Waals surface area contributed by atoms with E-state index in [1.54, 1.807) is 44.6 Å². The van der Waals surface area contributed by atoms with Gasteiger partial charge in [-0.1, -0.05) is 36.4 Å². The molecule has 0 saturated carbocycles. The Morgan fingerprint density at radius 3 is 2.14 bits per heavy atom. The highest BCUT2D eigenvalue weighted by Crippen LogP contribution is 2.41. The summed E-state index contributed by atoms with van der Waals surface area (Å²) in [6, 6.07) is 14.5. The van der Waals surface area contributed by atoms with E-state index < -0.39 is 23.0 Å². The topological polar surface area (TPSA) is 70.8 Å². The number of benzene rings is 2. The minimum absolute atomic E-state index is 0.541. The molecule has 2 rings (SSSR count). The molecule has 2 atom stereocenters. The predicted molar refractivity (Wildman–Crippen MR) is 111 cm³/mol. The summed E-state index contributed by atoms with van der Waals surface area (Å²) in [4.78, 5) is 13.3. The van der Waals surface area contributed by atoms with Gasteiger partial charge in [0.25, 0.3) is 0 Å². The highest BCUT2D eigenvalue weighted by atomic mass is 16.6. The summed E-state index contributed by atoms with van der Waals surface area (Å²) in [5.74, 6) is 0.176. The lowest BCUT2D eigenvalue weighted by Crippen LogP contribution is -2.52. The maximum Gasteiger partial charge on any atom is 0.332 e. The Bertz CT molecular complexity index is 823. The van der Waals surface area contributed by atoms with Crippen LogP contribution in [-0.4, -0.2) is 25.8 Å². The first-order chi connectivity index (χ1) is 13.2. The van der Waals surface area contributed by atoms with Crippen LogP contribution in [0, 0.1) is 0 Å². The molecular weight excluding hydrogens is 354 g/mol. The van der Waals surface area contributed by atoms with Crippen molar-refractivity contribution < 1.29 is 19.0 Å². The van der Waals surface area contributed by atoms with Gasteiger partial charge in [0, 0.05) is 11.5 Å². The Kier molecular flexibility index (Phi) is 6.52. The van der Waals surface area contributed by atoms with Crippen LogP contribution in [0.25, 0.3) is 0 Å². The Balaban J connectivity index is 2.67. The number of methoxy groups -OCH3 is 2. The molecule has 5 nitrogen and oxygen atoms in total. The summed E-state index contributed by atoms with van der Waals surface area (Å²) in [6.45, 7) is 9.38. The van der Waals surface area contributed by atoms with Crippen molar-refractivity contribution in [2.24, 2.45) is 5.73 Å². The molecule has 0 spiro atoms. The average Bonchev–Trinajstić information content (AvgIpc) is 2.67. The third kappa shape index (κ3) is 4.37. The van der Waals surface area contributed by atoms with Crippen LogP contribution in [0.1, 0.15) is 37.8 Å². The van der Waals surface area contributed by atoms with E-state index in [2.05, 4.69) is 6.58 Å². The van der Waals surface area contributed by atoms with Gasteiger partial charge in [0.1, 0.15) is 17.1 Å². The molecule has 0 aliphatic carbocycles. The zero-order chi connectivity index (χ0) is 20.9. The monoisotopic (exact) mass is 383 g/mol. The van der Waals surface area contributed by atoms with Gasteiger partial charge in [0.05, 0.1) is 14.2 Å². The molecule has 0 aliphatic heterocycles. The predicted octanol–water partition coefficient (Wildman–Crippen LogP) is 4.17. The van der Waals surface area contributed by atoms with Crippen molar-refractivity contribution in [2.45, 2.75) is 37.8 Å². The Morgan fingerprint density at radius 1 is 1.04 bits per heavy atom. The number of carbonyl (C=O) groups is 1. The lowest BCUT2D eigenvalue weighted by Gasteiger charge is -2.37. The fourth-order valence-electron chi connectivity index (χ4n) is 3.14. The van der Waals surface area contributed by atoms with Gasteiger partial charge in [0.2, 0.25) is 0 Å². The number of rotatable bonds is 7. The van der Waals surface area contributed by atoms with E-state index in [0.717, 1.165) is 5.56 Å². The van der Waals surface area contributed by atoms with Crippen LogP contribution < -0.4 is 15.2 Å². The molecule has 0 aromatic heterocycles. The first kappa shape index (κ1) is 21.5. The van der Waals surface area contributed by atoms with Crippen molar-refractivity contribution in [3.63, 3.8) is 0 Å². The molecule has 2 aromatic rings. The molecule has 0 radical (unpaired) electrons. The fourth-order valence-corrected chi connectivity index (χ4v) is 3.14. The van der Waals surface area contributed by atoms with E-state index in [4.69, 9.17) is 19.9 Å². The largest absolute Gasteiger partial charge is 0.497 e. The molecule has 0 fully saturated rings. The second-order valence-corrected chi connectivity index (χ2v) is 7.55. The number of carbonyl (C=O) groups excluding carboxylic acids is 1. The maximum absolute atomic E-state index is 13.3. The van der Waals surface area contributed by atoms with Gasteiger partial charge in [-0.2, -0.15) is 0 Å². The van der Waals surface area contributed by atoms with Crippen LogP contribution in [0.5, 0.6) is 11.5 Å². The van der Waals surface area contributed by atoms with Gasteiger partial charge >= 0.3 is 5.97 Å². The van der Waals surface area contributed by atoms with Crippen molar-refractivity contribution in [3.05, 3.63) is 72.3 Å².